The summed E-state index contributed by atoms with van der Waals surface area (Å²) in [5.74, 6) is 1.52. The van der Waals surface area contributed by atoms with Crippen LogP contribution in [0.3, 0.4) is 0 Å². The number of nitrogens with one attached hydrogen (secondary N) is 1. The van der Waals surface area contributed by atoms with E-state index in [2.05, 4.69) is 22.3 Å². The molecule has 1 saturated carbocycles. The normalized spacial score (nSPS) is 22.8. The predicted octanol–water partition coefficient (Wildman–Crippen LogP) is 2.77. The third-order valence-electron chi connectivity index (χ3n) is 5.18. The van der Waals surface area contributed by atoms with Gasteiger partial charge in [0.1, 0.15) is 5.75 Å². The van der Waals surface area contributed by atoms with Gasteiger partial charge in [0.25, 0.3) is 0 Å². The quantitative estimate of drug-likeness (QED) is 0.523. The number of rotatable bonds is 10. The first-order valence-electron chi connectivity index (χ1n) is 9.49. The molecule has 1 aliphatic heterocycles. The Bertz CT molecular complexity index is 540. The van der Waals surface area contributed by atoms with E-state index in [1.54, 1.807) is 7.11 Å². The van der Waals surface area contributed by atoms with E-state index in [9.17, 15) is 4.79 Å². The fourth-order valence-corrected chi connectivity index (χ4v) is 3.60. The third kappa shape index (κ3) is 5.44. The van der Waals surface area contributed by atoms with Gasteiger partial charge in [-0.25, -0.2) is 0 Å². The summed E-state index contributed by atoms with van der Waals surface area (Å²) in [6.07, 6.45) is 5.90. The summed E-state index contributed by atoms with van der Waals surface area (Å²) in [5, 5.41) is 3.11. The van der Waals surface area contributed by atoms with Crippen molar-refractivity contribution in [2.75, 3.05) is 40.1 Å². The number of carbonyl (C=O) groups excluding carboxylic acids is 1. The summed E-state index contributed by atoms with van der Waals surface area (Å²) in [7, 11) is 1.61. The number of methoxy groups -OCH3 is 1. The van der Waals surface area contributed by atoms with E-state index in [-0.39, 0.29) is 18.6 Å². The topological polar surface area (TPSA) is 50.8 Å². The van der Waals surface area contributed by atoms with Crippen LogP contribution >= 0.6 is 0 Å². The minimum absolute atomic E-state index is 0.143. The molecule has 0 spiro atoms. The Labute approximate surface area is 150 Å². The van der Waals surface area contributed by atoms with Crippen LogP contribution < -0.4 is 10.1 Å². The Hall–Kier alpha value is -1.59. The highest BCUT2D eigenvalue weighted by Crippen LogP contribution is 2.47. The molecule has 1 saturated heterocycles. The Morgan fingerprint density at radius 1 is 1.20 bits per heavy atom. The molecule has 138 valence electrons. The molecule has 2 atom stereocenters. The van der Waals surface area contributed by atoms with E-state index < -0.39 is 0 Å². The molecule has 2 aliphatic rings. The van der Waals surface area contributed by atoms with Crippen LogP contribution in [0.5, 0.6) is 5.75 Å². The zero-order valence-electron chi connectivity index (χ0n) is 15.2. The standard InChI is InChI=1S/C20H30N2O3/c1-24-15-25-17-8-6-16(7-9-17)18-14-19(18)20(23)21-10-2-3-11-22-12-4-5-13-22/h6-9,18-19H,2-5,10-15H2,1H3,(H,21,23). The molecule has 2 fully saturated rings. The minimum atomic E-state index is 0.143. The predicted molar refractivity (Wildman–Crippen MR) is 97.7 cm³/mol. The molecular weight excluding hydrogens is 316 g/mol. The van der Waals surface area contributed by atoms with E-state index in [0.717, 1.165) is 25.1 Å². The van der Waals surface area contributed by atoms with Crippen LogP contribution in [0.25, 0.3) is 0 Å². The van der Waals surface area contributed by atoms with Crippen LogP contribution in [-0.2, 0) is 9.53 Å². The Morgan fingerprint density at radius 3 is 2.68 bits per heavy atom. The molecule has 5 nitrogen and oxygen atoms in total. The highest BCUT2D eigenvalue weighted by atomic mass is 16.7. The molecule has 5 heteroatoms. The molecule has 1 amide bonds. The van der Waals surface area contributed by atoms with E-state index >= 15 is 0 Å². The fourth-order valence-electron chi connectivity index (χ4n) is 3.60. The number of nitrogens with zero attached hydrogens (tertiary/aromatic N) is 1. The van der Waals surface area contributed by atoms with Gasteiger partial charge < -0.3 is 19.7 Å². The number of ether oxygens (including phenoxy) is 2. The molecule has 1 N–H and O–H groups in total. The molecule has 1 aromatic carbocycles. The van der Waals surface area contributed by atoms with Crippen LogP contribution in [0.1, 0.15) is 43.6 Å². The van der Waals surface area contributed by atoms with Crippen molar-refractivity contribution in [3.05, 3.63) is 29.8 Å². The lowest BCUT2D eigenvalue weighted by Gasteiger charge is -2.14. The third-order valence-corrected chi connectivity index (χ3v) is 5.18. The zero-order valence-corrected chi connectivity index (χ0v) is 15.2. The SMILES string of the molecule is COCOc1ccc(C2CC2C(=O)NCCCCN2CCCC2)cc1. The number of amides is 1. The van der Waals surface area contributed by atoms with E-state index in [4.69, 9.17) is 9.47 Å². The van der Waals surface area contributed by atoms with Crippen LogP contribution in [0.15, 0.2) is 24.3 Å². The molecule has 1 aliphatic carbocycles. The number of hydrogen-bond donors (Lipinski definition) is 1. The van der Waals surface area contributed by atoms with E-state index in [0.29, 0.717) is 5.92 Å². The van der Waals surface area contributed by atoms with Crippen LogP contribution in [0.4, 0.5) is 0 Å². The number of carbonyl (C=O) groups is 1. The van der Waals surface area contributed by atoms with Gasteiger partial charge in [0.05, 0.1) is 0 Å². The summed E-state index contributed by atoms with van der Waals surface area (Å²) in [6.45, 7) is 4.75. The Balaban J connectivity index is 1.31. The van der Waals surface area contributed by atoms with Crippen molar-refractivity contribution in [1.29, 1.82) is 0 Å². The Kier molecular flexibility index (Phi) is 6.70. The van der Waals surface area contributed by atoms with Gasteiger partial charge in [-0.15, -0.1) is 0 Å². The molecule has 2 unspecified atom stereocenters. The summed E-state index contributed by atoms with van der Waals surface area (Å²) < 4.78 is 10.3. The van der Waals surface area contributed by atoms with Gasteiger partial charge in [-0.3, -0.25) is 4.79 Å². The smallest absolute Gasteiger partial charge is 0.223 e. The molecule has 1 heterocycles. The van der Waals surface area contributed by atoms with Gasteiger partial charge in [-0.05, 0) is 75.4 Å². The van der Waals surface area contributed by atoms with Crippen LogP contribution in [-0.4, -0.2) is 50.9 Å². The van der Waals surface area contributed by atoms with Crippen molar-refractivity contribution >= 4 is 5.91 Å². The largest absolute Gasteiger partial charge is 0.468 e. The second-order valence-corrected chi connectivity index (χ2v) is 7.12. The van der Waals surface area contributed by atoms with E-state index in [1.807, 2.05) is 12.1 Å². The van der Waals surface area contributed by atoms with Gasteiger partial charge >= 0.3 is 0 Å². The average Bonchev–Trinajstić information content (AvgIpc) is 3.27. The minimum Gasteiger partial charge on any atom is -0.468 e. The summed E-state index contributed by atoms with van der Waals surface area (Å²) in [6, 6.07) is 8.00. The highest BCUT2D eigenvalue weighted by molar-refractivity contribution is 5.82. The van der Waals surface area contributed by atoms with Crippen LogP contribution in [0, 0.1) is 5.92 Å². The van der Waals surface area contributed by atoms with Crippen molar-refractivity contribution in [2.45, 2.75) is 38.0 Å². The van der Waals surface area contributed by atoms with Crippen molar-refractivity contribution in [3.8, 4) is 5.75 Å². The van der Waals surface area contributed by atoms with Gasteiger partial charge in [0.15, 0.2) is 6.79 Å². The number of benzene rings is 1. The van der Waals surface area contributed by atoms with Crippen LogP contribution in [0.2, 0.25) is 0 Å². The maximum absolute atomic E-state index is 12.3. The molecule has 0 radical (unpaired) electrons. The molecule has 0 bridgehead atoms. The van der Waals surface area contributed by atoms with Crippen molar-refractivity contribution in [1.82, 2.24) is 10.2 Å². The molecular formula is C20H30N2O3. The Morgan fingerprint density at radius 2 is 1.96 bits per heavy atom. The summed E-state index contributed by atoms with van der Waals surface area (Å²) >= 11 is 0. The molecule has 1 aromatic rings. The molecule has 0 aromatic heterocycles. The lowest BCUT2D eigenvalue weighted by molar-refractivity contribution is -0.122. The number of unbranched alkanes of at least 4 members (excludes halogenated alkanes) is 1. The monoisotopic (exact) mass is 346 g/mol. The fraction of sp³-hybridized carbons (Fsp3) is 0.650. The molecule has 25 heavy (non-hydrogen) atoms. The van der Waals surface area contributed by atoms with E-state index in [1.165, 1.54) is 44.5 Å². The highest BCUT2D eigenvalue weighted by Gasteiger charge is 2.43. The maximum Gasteiger partial charge on any atom is 0.223 e. The van der Waals surface area contributed by atoms with Gasteiger partial charge in [-0.2, -0.15) is 0 Å². The first-order chi connectivity index (χ1) is 12.3. The lowest BCUT2D eigenvalue weighted by Crippen LogP contribution is -2.27. The summed E-state index contributed by atoms with van der Waals surface area (Å²) in [5.41, 5.74) is 1.22. The summed E-state index contributed by atoms with van der Waals surface area (Å²) in [4.78, 5) is 14.8. The first kappa shape index (κ1) is 18.2. The number of likely N-dealkylation sites (tertiary alicyclic amines) is 1. The lowest BCUT2D eigenvalue weighted by atomic mass is 10.1. The zero-order chi connectivity index (χ0) is 17.5. The number of hydrogen-bond acceptors (Lipinski definition) is 4. The maximum atomic E-state index is 12.3. The van der Waals surface area contributed by atoms with Crippen molar-refractivity contribution in [2.24, 2.45) is 5.92 Å². The second-order valence-electron chi connectivity index (χ2n) is 7.12. The van der Waals surface area contributed by atoms with Gasteiger partial charge in [-0.1, -0.05) is 12.1 Å². The molecule has 3 rings (SSSR count). The first-order valence-corrected chi connectivity index (χ1v) is 9.49. The van der Waals surface area contributed by atoms with Crippen molar-refractivity contribution < 1.29 is 14.3 Å². The van der Waals surface area contributed by atoms with Gasteiger partial charge in [0.2, 0.25) is 5.91 Å². The van der Waals surface area contributed by atoms with Gasteiger partial charge in [0, 0.05) is 19.6 Å². The second kappa shape index (κ2) is 9.20. The van der Waals surface area contributed by atoms with Crippen molar-refractivity contribution in [3.63, 3.8) is 0 Å². The average molecular weight is 346 g/mol.